The summed E-state index contributed by atoms with van der Waals surface area (Å²) in [7, 11) is 0. The highest BCUT2D eigenvalue weighted by Crippen LogP contribution is 2.22. The fourth-order valence-corrected chi connectivity index (χ4v) is 0.590. The Morgan fingerprint density at radius 3 is 2.36 bits per heavy atom. The molecule has 0 aliphatic rings. The average molecular weight is 153 g/mol. The molecular weight excluding hydrogens is 134 g/mol. The van der Waals surface area contributed by atoms with Crippen molar-refractivity contribution in [3.8, 4) is 0 Å². The van der Waals surface area contributed by atoms with Gasteiger partial charge in [0.1, 0.15) is 0 Å². The van der Waals surface area contributed by atoms with Crippen LogP contribution in [-0.4, -0.2) is 13.1 Å². The summed E-state index contributed by atoms with van der Waals surface area (Å²) in [5.74, 6) is 0. The van der Waals surface area contributed by atoms with Crippen LogP contribution in [0.4, 0.5) is 0 Å². The van der Waals surface area contributed by atoms with Crippen molar-refractivity contribution in [3.63, 3.8) is 0 Å². The van der Waals surface area contributed by atoms with Gasteiger partial charge in [-0.3, -0.25) is 0 Å². The molecule has 64 valence electrons. The lowest BCUT2D eigenvalue weighted by molar-refractivity contribution is 0.485. The lowest BCUT2D eigenvalue weighted by Gasteiger charge is -2.21. The van der Waals surface area contributed by atoms with Crippen LogP contribution in [0, 0.1) is 5.41 Å². The lowest BCUT2D eigenvalue weighted by atomic mass is 9.88. The molecule has 0 unspecified atom stereocenters. The van der Waals surface area contributed by atoms with Crippen LogP contribution in [0.3, 0.4) is 0 Å². The molecule has 0 saturated heterocycles. The van der Waals surface area contributed by atoms with E-state index in [0.717, 1.165) is 13.1 Å². The second kappa shape index (κ2) is 4.35. The van der Waals surface area contributed by atoms with E-state index in [1.807, 2.05) is 6.08 Å². The molecule has 0 spiro atoms. The van der Waals surface area contributed by atoms with E-state index < -0.39 is 0 Å². The maximum Gasteiger partial charge on any atom is 0.0170 e. The molecule has 0 amide bonds. The van der Waals surface area contributed by atoms with Gasteiger partial charge >= 0.3 is 0 Å². The number of nitrogens with one attached hydrogen (secondary N) is 1. The number of hydrogen-bond acceptors (Lipinski definition) is 1. The average Bonchev–Trinajstić information content (AvgIpc) is 1.86. The van der Waals surface area contributed by atoms with Crippen molar-refractivity contribution < 1.29 is 0 Å². The van der Waals surface area contributed by atoms with Crippen LogP contribution in [0.25, 0.3) is 0 Å². The fraction of sp³-hybridized carbons (Fsp3) is 0.600. The third-order valence-corrected chi connectivity index (χ3v) is 1.69. The van der Waals surface area contributed by atoms with Crippen LogP contribution in [0.5, 0.6) is 0 Å². The largest absolute Gasteiger partial charge is 0.310 e. The van der Waals surface area contributed by atoms with Crippen LogP contribution in [0.15, 0.2) is 24.8 Å². The van der Waals surface area contributed by atoms with Crippen molar-refractivity contribution in [1.82, 2.24) is 5.32 Å². The molecule has 1 heteroatoms. The van der Waals surface area contributed by atoms with Gasteiger partial charge in [0.05, 0.1) is 0 Å². The first-order valence-electron chi connectivity index (χ1n) is 3.98. The topological polar surface area (TPSA) is 12.0 Å². The molecule has 0 aromatic carbocycles. The standard InChI is InChI=1S/C10H19N/c1-6-7-11-8-9(2)10(3,4)5/h6,11H,1-2,7-8H2,3-5H3. The minimum atomic E-state index is 0.216. The predicted octanol–water partition coefficient (Wildman–Crippen LogP) is 2.36. The first-order chi connectivity index (χ1) is 4.98. The van der Waals surface area contributed by atoms with Gasteiger partial charge in [-0.05, 0) is 5.41 Å². The summed E-state index contributed by atoms with van der Waals surface area (Å²) >= 11 is 0. The van der Waals surface area contributed by atoms with E-state index in [0.29, 0.717) is 0 Å². The van der Waals surface area contributed by atoms with Gasteiger partial charge in [0.25, 0.3) is 0 Å². The summed E-state index contributed by atoms with van der Waals surface area (Å²) in [6, 6.07) is 0. The molecule has 0 saturated carbocycles. The normalized spacial score (nSPS) is 11.2. The van der Waals surface area contributed by atoms with E-state index in [4.69, 9.17) is 0 Å². The van der Waals surface area contributed by atoms with Crippen LogP contribution in [0.2, 0.25) is 0 Å². The Hall–Kier alpha value is -0.560. The Bertz CT molecular complexity index is 139. The molecule has 0 radical (unpaired) electrons. The van der Waals surface area contributed by atoms with Crippen molar-refractivity contribution in [2.24, 2.45) is 5.41 Å². The van der Waals surface area contributed by atoms with Crippen molar-refractivity contribution in [2.45, 2.75) is 20.8 Å². The summed E-state index contributed by atoms with van der Waals surface area (Å²) in [4.78, 5) is 0. The highest BCUT2D eigenvalue weighted by Gasteiger charge is 2.13. The Morgan fingerprint density at radius 2 is 2.00 bits per heavy atom. The number of hydrogen-bond donors (Lipinski definition) is 1. The molecule has 0 aromatic rings. The Balaban J connectivity index is 3.62. The van der Waals surface area contributed by atoms with E-state index >= 15 is 0 Å². The minimum absolute atomic E-state index is 0.216. The fourth-order valence-electron chi connectivity index (χ4n) is 0.590. The Morgan fingerprint density at radius 1 is 1.45 bits per heavy atom. The third kappa shape index (κ3) is 4.79. The summed E-state index contributed by atoms with van der Waals surface area (Å²) in [6.07, 6.45) is 1.86. The SMILES string of the molecule is C=CCNCC(=C)C(C)(C)C. The highest BCUT2D eigenvalue weighted by molar-refractivity contribution is 5.07. The molecule has 0 aromatic heterocycles. The second-order valence-electron chi connectivity index (χ2n) is 3.77. The maximum absolute atomic E-state index is 4.00. The maximum atomic E-state index is 4.00. The van der Waals surface area contributed by atoms with E-state index in [2.05, 4.69) is 39.2 Å². The smallest absolute Gasteiger partial charge is 0.0170 e. The summed E-state index contributed by atoms with van der Waals surface area (Å²) in [5, 5.41) is 3.22. The molecule has 0 bridgehead atoms. The van der Waals surface area contributed by atoms with Crippen LogP contribution >= 0.6 is 0 Å². The zero-order valence-corrected chi connectivity index (χ0v) is 7.91. The van der Waals surface area contributed by atoms with Gasteiger partial charge in [0.2, 0.25) is 0 Å². The molecule has 0 heterocycles. The van der Waals surface area contributed by atoms with Gasteiger partial charge < -0.3 is 5.32 Å². The Kier molecular flexibility index (Phi) is 4.12. The minimum Gasteiger partial charge on any atom is -0.310 e. The second-order valence-corrected chi connectivity index (χ2v) is 3.77. The van der Waals surface area contributed by atoms with Gasteiger partial charge in [-0.1, -0.05) is 39.0 Å². The molecule has 0 rings (SSSR count). The van der Waals surface area contributed by atoms with Gasteiger partial charge in [-0.25, -0.2) is 0 Å². The number of rotatable bonds is 4. The first kappa shape index (κ1) is 10.4. The van der Waals surface area contributed by atoms with E-state index in [1.54, 1.807) is 0 Å². The molecular formula is C10H19N. The van der Waals surface area contributed by atoms with Crippen molar-refractivity contribution in [1.29, 1.82) is 0 Å². The zero-order valence-electron chi connectivity index (χ0n) is 7.91. The van der Waals surface area contributed by atoms with Gasteiger partial charge in [-0.2, -0.15) is 0 Å². The first-order valence-corrected chi connectivity index (χ1v) is 3.98. The van der Waals surface area contributed by atoms with Crippen molar-refractivity contribution >= 4 is 0 Å². The molecule has 1 N–H and O–H groups in total. The van der Waals surface area contributed by atoms with Crippen molar-refractivity contribution in [3.05, 3.63) is 24.8 Å². The van der Waals surface area contributed by atoms with Gasteiger partial charge in [0, 0.05) is 13.1 Å². The predicted molar refractivity (Wildman–Crippen MR) is 51.7 cm³/mol. The van der Waals surface area contributed by atoms with Crippen LogP contribution in [-0.2, 0) is 0 Å². The van der Waals surface area contributed by atoms with Crippen LogP contribution < -0.4 is 5.32 Å². The summed E-state index contributed by atoms with van der Waals surface area (Å²) < 4.78 is 0. The van der Waals surface area contributed by atoms with E-state index in [-0.39, 0.29) is 5.41 Å². The molecule has 1 nitrogen and oxygen atoms in total. The Labute approximate surface area is 70.2 Å². The summed E-state index contributed by atoms with van der Waals surface area (Å²) in [5.41, 5.74) is 1.45. The summed E-state index contributed by atoms with van der Waals surface area (Å²) in [6.45, 7) is 15.9. The highest BCUT2D eigenvalue weighted by atomic mass is 14.8. The van der Waals surface area contributed by atoms with Gasteiger partial charge in [-0.15, -0.1) is 6.58 Å². The quantitative estimate of drug-likeness (QED) is 0.483. The van der Waals surface area contributed by atoms with Crippen LogP contribution in [0.1, 0.15) is 20.8 Å². The molecule has 0 atom stereocenters. The third-order valence-electron chi connectivity index (χ3n) is 1.69. The van der Waals surface area contributed by atoms with E-state index in [9.17, 15) is 0 Å². The lowest BCUT2D eigenvalue weighted by Crippen LogP contribution is -2.23. The van der Waals surface area contributed by atoms with E-state index in [1.165, 1.54) is 5.57 Å². The molecule has 11 heavy (non-hydrogen) atoms. The molecule has 0 fully saturated rings. The zero-order chi connectivity index (χ0) is 8.91. The molecule has 0 aliphatic carbocycles. The monoisotopic (exact) mass is 153 g/mol. The van der Waals surface area contributed by atoms with Gasteiger partial charge in [0.15, 0.2) is 0 Å². The van der Waals surface area contributed by atoms with Crippen molar-refractivity contribution in [2.75, 3.05) is 13.1 Å². The molecule has 0 aliphatic heterocycles.